The second-order valence-corrected chi connectivity index (χ2v) is 9.43. The largest absolute Gasteiger partial charge is 0.413 e. The van der Waals surface area contributed by atoms with Crippen molar-refractivity contribution in [2.24, 2.45) is 11.1 Å². The van der Waals surface area contributed by atoms with Crippen LogP contribution in [0, 0.1) is 5.41 Å². The normalized spacial score (nSPS) is 19.5. The summed E-state index contributed by atoms with van der Waals surface area (Å²) in [4.78, 5) is 4.56. The van der Waals surface area contributed by atoms with Crippen molar-refractivity contribution in [1.82, 2.24) is 4.98 Å². The summed E-state index contributed by atoms with van der Waals surface area (Å²) in [5.74, 6) is 0. The number of hydrogen-bond donors (Lipinski definition) is 1. The highest BCUT2D eigenvalue weighted by Gasteiger charge is 2.41. The Morgan fingerprint density at radius 3 is 2.32 bits per heavy atom. The van der Waals surface area contributed by atoms with Crippen molar-refractivity contribution in [3.05, 3.63) is 29.6 Å². The van der Waals surface area contributed by atoms with Crippen LogP contribution >= 0.6 is 0 Å². The van der Waals surface area contributed by atoms with Crippen LogP contribution in [0.2, 0.25) is 13.1 Å². The van der Waals surface area contributed by atoms with E-state index < -0.39 is 9.04 Å². The summed E-state index contributed by atoms with van der Waals surface area (Å²) in [6, 6.07) is 4.22. The van der Waals surface area contributed by atoms with Crippen LogP contribution in [0.4, 0.5) is 0 Å². The van der Waals surface area contributed by atoms with E-state index in [4.69, 9.17) is 10.2 Å². The van der Waals surface area contributed by atoms with Crippen molar-refractivity contribution in [3.8, 4) is 0 Å². The zero-order chi connectivity index (χ0) is 14.3. The molecule has 1 heterocycles. The first-order valence-electron chi connectivity index (χ1n) is 7.13. The van der Waals surface area contributed by atoms with E-state index in [0.29, 0.717) is 0 Å². The Morgan fingerprint density at radius 1 is 1.32 bits per heavy atom. The van der Waals surface area contributed by atoms with Crippen LogP contribution in [-0.4, -0.2) is 14.0 Å². The lowest BCUT2D eigenvalue weighted by Crippen LogP contribution is -2.26. The van der Waals surface area contributed by atoms with Crippen molar-refractivity contribution < 1.29 is 4.43 Å². The Morgan fingerprint density at radius 2 is 1.95 bits per heavy atom. The minimum atomic E-state index is -1.08. The second-order valence-electron chi connectivity index (χ2n) is 7.06. The van der Waals surface area contributed by atoms with E-state index in [0.717, 1.165) is 18.5 Å². The molecule has 1 saturated carbocycles. The summed E-state index contributed by atoms with van der Waals surface area (Å²) < 4.78 is 6.21. The van der Waals surface area contributed by atoms with Gasteiger partial charge in [0.1, 0.15) is 0 Å². The molecule has 2 N–H and O–H groups in total. The summed E-state index contributed by atoms with van der Waals surface area (Å²) in [5, 5.41) is 0. The summed E-state index contributed by atoms with van der Waals surface area (Å²) in [6.07, 6.45) is 4.18. The fraction of sp³-hybridized carbons (Fsp3) is 0.667. The van der Waals surface area contributed by atoms with E-state index in [1.165, 1.54) is 5.56 Å². The van der Waals surface area contributed by atoms with E-state index in [1.54, 1.807) is 0 Å². The zero-order valence-electron chi connectivity index (χ0n) is 12.7. The maximum absolute atomic E-state index is 6.21. The number of rotatable bonds is 4. The minimum absolute atomic E-state index is 0.0838. The Labute approximate surface area is 118 Å². The van der Waals surface area contributed by atoms with Crippen LogP contribution in [0.25, 0.3) is 0 Å². The molecule has 4 heteroatoms. The average molecular weight is 278 g/mol. The van der Waals surface area contributed by atoms with Gasteiger partial charge in [0.15, 0.2) is 9.04 Å². The first kappa shape index (κ1) is 14.7. The molecular weight excluding hydrogens is 252 g/mol. The molecule has 0 bridgehead atoms. The first-order valence-corrected chi connectivity index (χ1v) is 9.91. The number of aromatic nitrogens is 1. The number of nitrogens with two attached hydrogens (primary N) is 1. The molecule has 19 heavy (non-hydrogen) atoms. The summed E-state index contributed by atoms with van der Waals surface area (Å²) >= 11 is 0. The molecule has 3 nitrogen and oxygen atoms in total. The van der Waals surface area contributed by atoms with Gasteiger partial charge >= 0.3 is 0 Å². The topological polar surface area (TPSA) is 48.1 Å². The van der Waals surface area contributed by atoms with Gasteiger partial charge in [0.05, 0.1) is 17.3 Å². The van der Waals surface area contributed by atoms with Gasteiger partial charge in [-0.1, -0.05) is 26.8 Å². The fourth-order valence-corrected chi connectivity index (χ4v) is 3.41. The van der Waals surface area contributed by atoms with Gasteiger partial charge in [-0.3, -0.25) is 4.98 Å². The highest BCUT2D eigenvalue weighted by atomic mass is 28.3. The Balaban J connectivity index is 2.22. The quantitative estimate of drug-likeness (QED) is 0.861. The smallest absolute Gasteiger partial charge is 0.171 e. The van der Waals surface area contributed by atoms with Gasteiger partial charge in [0.2, 0.25) is 0 Å². The molecule has 0 radical (unpaired) electrons. The fourth-order valence-electron chi connectivity index (χ4n) is 2.30. The van der Waals surface area contributed by atoms with E-state index in [1.807, 2.05) is 6.20 Å². The third-order valence-corrected chi connectivity index (χ3v) is 4.40. The Hall–Kier alpha value is -0.713. The average Bonchev–Trinajstić information content (AvgIpc) is 3.04. The molecule has 1 unspecified atom stereocenters. The number of hydrogen-bond acceptors (Lipinski definition) is 3. The maximum Gasteiger partial charge on any atom is 0.171 e. The predicted octanol–water partition coefficient (Wildman–Crippen LogP) is 3.12. The molecule has 0 saturated heterocycles. The van der Waals surface area contributed by atoms with Crippen LogP contribution in [0.5, 0.6) is 0 Å². The van der Waals surface area contributed by atoms with Crippen LogP contribution in [0.15, 0.2) is 18.3 Å². The first-order chi connectivity index (χ1) is 8.72. The van der Waals surface area contributed by atoms with Crippen molar-refractivity contribution in [2.75, 3.05) is 0 Å². The molecule has 1 aromatic rings. The van der Waals surface area contributed by atoms with E-state index >= 15 is 0 Å². The molecule has 0 aromatic carbocycles. The van der Waals surface area contributed by atoms with E-state index in [-0.39, 0.29) is 17.1 Å². The minimum Gasteiger partial charge on any atom is -0.413 e. The Kier molecular flexibility index (Phi) is 3.87. The van der Waals surface area contributed by atoms with E-state index in [9.17, 15) is 0 Å². The van der Waals surface area contributed by atoms with E-state index in [2.05, 4.69) is 51.0 Å². The lowest BCUT2D eigenvalue weighted by atomic mass is 9.85. The molecule has 106 valence electrons. The van der Waals surface area contributed by atoms with Crippen LogP contribution in [0.1, 0.15) is 51.0 Å². The van der Waals surface area contributed by atoms with Crippen molar-refractivity contribution in [3.63, 3.8) is 0 Å². The highest BCUT2D eigenvalue weighted by Crippen LogP contribution is 2.42. The second kappa shape index (κ2) is 5.00. The molecule has 1 fully saturated rings. The SMILES string of the molecule is C[SiH](C)OC(c1ccc(C2(N)CC2)nc1)C(C)(C)C. The zero-order valence-corrected chi connectivity index (χ0v) is 13.9. The van der Waals surface area contributed by atoms with Crippen LogP contribution in [-0.2, 0) is 9.96 Å². The molecule has 0 amide bonds. The molecule has 0 aliphatic heterocycles. The summed E-state index contributed by atoms with van der Waals surface area (Å²) in [5.41, 5.74) is 8.30. The van der Waals surface area contributed by atoms with Crippen molar-refractivity contribution in [1.29, 1.82) is 0 Å². The van der Waals surface area contributed by atoms with Crippen molar-refractivity contribution >= 4 is 9.04 Å². The standard InChI is InChI=1S/C15H26N2OSi/c1-14(2,3)13(18-19(4)5)11-6-7-12(17-10-11)15(16)8-9-15/h6-7,10,13,19H,8-9,16H2,1-5H3. The summed E-state index contributed by atoms with van der Waals surface area (Å²) in [6.45, 7) is 11.1. The third-order valence-electron chi connectivity index (χ3n) is 3.58. The van der Waals surface area contributed by atoms with Gasteiger partial charge in [-0.05, 0) is 43.0 Å². The van der Waals surface area contributed by atoms with Crippen molar-refractivity contribution in [2.45, 2.75) is 58.3 Å². The lowest BCUT2D eigenvalue weighted by molar-refractivity contribution is 0.0862. The highest BCUT2D eigenvalue weighted by molar-refractivity contribution is 6.48. The molecule has 1 aliphatic rings. The van der Waals surface area contributed by atoms with Gasteiger partial charge in [-0.15, -0.1) is 0 Å². The predicted molar refractivity (Wildman–Crippen MR) is 81.5 cm³/mol. The number of pyridine rings is 1. The van der Waals surface area contributed by atoms with Gasteiger partial charge in [-0.25, -0.2) is 0 Å². The Bertz CT molecular complexity index is 432. The molecular formula is C15H26N2OSi. The van der Waals surface area contributed by atoms with Gasteiger partial charge in [0, 0.05) is 6.20 Å². The van der Waals surface area contributed by atoms with Crippen LogP contribution < -0.4 is 5.73 Å². The third kappa shape index (κ3) is 3.44. The summed E-state index contributed by atoms with van der Waals surface area (Å²) in [7, 11) is -1.08. The lowest BCUT2D eigenvalue weighted by Gasteiger charge is -2.33. The molecule has 1 aromatic heterocycles. The molecule has 0 spiro atoms. The van der Waals surface area contributed by atoms with Gasteiger partial charge < -0.3 is 10.2 Å². The molecule has 1 aliphatic carbocycles. The molecule has 1 atom stereocenters. The van der Waals surface area contributed by atoms with Gasteiger partial charge in [0.25, 0.3) is 0 Å². The van der Waals surface area contributed by atoms with Gasteiger partial charge in [-0.2, -0.15) is 0 Å². The monoisotopic (exact) mass is 278 g/mol. The van der Waals surface area contributed by atoms with Crippen LogP contribution in [0.3, 0.4) is 0 Å². The molecule has 2 rings (SSSR count). The maximum atomic E-state index is 6.21. The number of nitrogens with zero attached hydrogens (tertiary/aromatic N) is 1.